The van der Waals surface area contributed by atoms with Crippen LogP contribution in [0.2, 0.25) is 0 Å². The molecule has 3 heteroatoms. The van der Waals surface area contributed by atoms with Crippen LogP contribution in [0.25, 0.3) is 0 Å². The van der Waals surface area contributed by atoms with Gasteiger partial charge in [-0.25, -0.2) is 4.39 Å². The maximum atomic E-state index is 13.0. The van der Waals surface area contributed by atoms with Crippen molar-refractivity contribution >= 4 is 5.69 Å². The fraction of sp³-hybridized carbons (Fsp3) is 0.385. The Morgan fingerprint density at radius 1 is 1.50 bits per heavy atom. The van der Waals surface area contributed by atoms with E-state index in [1.165, 1.54) is 12.1 Å². The summed E-state index contributed by atoms with van der Waals surface area (Å²) in [7, 11) is 0. The van der Waals surface area contributed by atoms with Gasteiger partial charge in [0.25, 0.3) is 0 Å². The molecule has 0 aliphatic rings. The minimum Gasteiger partial charge on any atom is -0.392 e. The van der Waals surface area contributed by atoms with E-state index in [0.717, 1.165) is 24.4 Å². The van der Waals surface area contributed by atoms with Gasteiger partial charge in [0.1, 0.15) is 5.82 Å². The van der Waals surface area contributed by atoms with E-state index in [1.54, 1.807) is 6.07 Å². The first-order valence-electron chi connectivity index (χ1n) is 5.37. The molecule has 0 heterocycles. The molecule has 88 valence electrons. The zero-order chi connectivity index (χ0) is 12.1. The molecule has 0 atom stereocenters. The molecule has 0 aromatic heterocycles. The highest BCUT2D eigenvalue weighted by Gasteiger charge is 2.10. The number of halogens is 1. The van der Waals surface area contributed by atoms with Crippen molar-refractivity contribution in [3.63, 3.8) is 0 Å². The maximum absolute atomic E-state index is 13.0. The highest BCUT2D eigenvalue weighted by atomic mass is 19.1. The van der Waals surface area contributed by atoms with Gasteiger partial charge in [-0.1, -0.05) is 12.2 Å². The second-order valence-electron chi connectivity index (χ2n) is 3.90. The van der Waals surface area contributed by atoms with Gasteiger partial charge in [-0.2, -0.15) is 0 Å². The number of hydrogen-bond acceptors (Lipinski definition) is 2. The molecule has 0 saturated heterocycles. The summed E-state index contributed by atoms with van der Waals surface area (Å²) >= 11 is 0. The summed E-state index contributed by atoms with van der Waals surface area (Å²) in [5.74, 6) is -0.320. The van der Waals surface area contributed by atoms with Crippen LogP contribution in [0.4, 0.5) is 10.1 Å². The van der Waals surface area contributed by atoms with E-state index >= 15 is 0 Å². The molecule has 1 aromatic rings. The number of likely N-dealkylation sites (N-methyl/N-ethyl adjacent to an activating group) is 1. The smallest absolute Gasteiger partial charge is 0.123 e. The normalized spacial score (nSPS) is 10.2. The van der Waals surface area contributed by atoms with Crippen LogP contribution in [0.1, 0.15) is 19.4 Å². The molecule has 0 fully saturated rings. The maximum Gasteiger partial charge on any atom is 0.123 e. The van der Waals surface area contributed by atoms with Crippen LogP contribution in [-0.4, -0.2) is 18.2 Å². The van der Waals surface area contributed by atoms with E-state index in [9.17, 15) is 9.50 Å². The van der Waals surface area contributed by atoms with Gasteiger partial charge in [-0.15, -0.1) is 0 Å². The number of aliphatic hydroxyl groups is 1. The highest BCUT2D eigenvalue weighted by Crippen LogP contribution is 2.22. The zero-order valence-corrected chi connectivity index (χ0v) is 9.83. The van der Waals surface area contributed by atoms with Crippen molar-refractivity contribution < 1.29 is 9.50 Å². The molecule has 0 spiro atoms. The molecule has 0 amide bonds. The molecule has 0 bridgehead atoms. The number of nitrogens with zero attached hydrogens (tertiary/aromatic N) is 1. The van der Waals surface area contributed by atoms with Crippen LogP contribution in [0.3, 0.4) is 0 Å². The molecule has 0 radical (unpaired) electrons. The van der Waals surface area contributed by atoms with Gasteiger partial charge < -0.3 is 10.0 Å². The van der Waals surface area contributed by atoms with Crippen molar-refractivity contribution in [3.8, 4) is 0 Å². The van der Waals surface area contributed by atoms with Gasteiger partial charge in [0, 0.05) is 24.3 Å². The lowest BCUT2D eigenvalue weighted by Gasteiger charge is -2.25. The minimum atomic E-state index is -0.320. The quantitative estimate of drug-likeness (QED) is 0.776. The van der Waals surface area contributed by atoms with Gasteiger partial charge in [-0.05, 0) is 32.0 Å². The molecule has 1 rings (SSSR count). The molecule has 1 aromatic carbocycles. The van der Waals surface area contributed by atoms with Crippen molar-refractivity contribution in [2.45, 2.75) is 20.5 Å². The average molecular weight is 223 g/mol. The number of anilines is 1. The van der Waals surface area contributed by atoms with E-state index in [0.29, 0.717) is 5.56 Å². The summed E-state index contributed by atoms with van der Waals surface area (Å²) in [5.41, 5.74) is 2.52. The lowest BCUT2D eigenvalue weighted by atomic mass is 10.1. The predicted octanol–water partition coefficient (Wildman–Crippen LogP) is 2.72. The molecular formula is C13H18FNO. The lowest BCUT2D eigenvalue weighted by Crippen LogP contribution is -2.25. The van der Waals surface area contributed by atoms with Crippen molar-refractivity contribution in [1.82, 2.24) is 0 Å². The lowest BCUT2D eigenvalue weighted by molar-refractivity contribution is 0.281. The molecule has 1 N–H and O–H groups in total. The molecule has 0 saturated carbocycles. The summed E-state index contributed by atoms with van der Waals surface area (Å²) in [6.07, 6.45) is 0. The SMILES string of the molecule is C=C(C)CN(CC)c1ccc(F)cc1CO. The van der Waals surface area contributed by atoms with Crippen molar-refractivity contribution in [1.29, 1.82) is 0 Å². The van der Waals surface area contributed by atoms with E-state index in [-0.39, 0.29) is 12.4 Å². The Labute approximate surface area is 96.0 Å². The second kappa shape index (κ2) is 5.66. The molecule has 2 nitrogen and oxygen atoms in total. The molecule has 0 aliphatic carbocycles. The summed E-state index contributed by atoms with van der Waals surface area (Å²) in [6, 6.07) is 4.49. The van der Waals surface area contributed by atoms with Crippen LogP contribution in [0.15, 0.2) is 30.4 Å². The Bertz CT molecular complexity index is 376. The number of aliphatic hydroxyl groups excluding tert-OH is 1. The Balaban J connectivity index is 3.03. The Morgan fingerprint density at radius 2 is 2.19 bits per heavy atom. The second-order valence-corrected chi connectivity index (χ2v) is 3.90. The van der Waals surface area contributed by atoms with Crippen LogP contribution in [0.5, 0.6) is 0 Å². The topological polar surface area (TPSA) is 23.5 Å². The third-order valence-corrected chi connectivity index (χ3v) is 2.40. The van der Waals surface area contributed by atoms with Crippen LogP contribution < -0.4 is 4.90 Å². The summed E-state index contributed by atoms with van der Waals surface area (Å²) < 4.78 is 13.0. The first-order valence-corrected chi connectivity index (χ1v) is 5.37. The monoisotopic (exact) mass is 223 g/mol. The molecule has 16 heavy (non-hydrogen) atoms. The van der Waals surface area contributed by atoms with Crippen LogP contribution >= 0.6 is 0 Å². The first-order chi connectivity index (χ1) is 7.58. The number of rotatable bonds is 5. The highest BCUT2D eigenvalue weighted by molar-refractivity contribution is 5.54. The van der Waals surface area contributed by atoms with Gasteiger partial charge in [0.05, 0.1) is 6.61 Å². The van der Waals surface area contributed by atoms with E-state index < -0.39 is 0 Å². The largest absolute Gasteiger partial charge is 0.392 e. The number of hydrogen-bond donors (Lipinski definition) is 1. The first kappa shape index (κ1) is 12.7. The van der Waals surface area contributed by atoms with E-state index in [1.807, 2.05) is 13.8 Å². The minimum absolute atomic E-state index is 0.153. The van der Waals surface area contributed by atoms with Crippen LogP contribution in [-0.2, 0) is 6.61 Å². The third-order valence-electron chi connectivity index (χ3n) is 2.40. The molecule has 0 aliphatic heterocycles. The zero-order valence-electron chi connectivity index (χ0n) is 9.83. The van der Waals surface area contributed by atoms with Crippen molar-refractivity contribution in [2.75, 3.05) is 18.0 Å². The van der Waals surface area contributed by atoms with E-state index in [2.05, 4.69) is 11.5 Å². The molecule has 0 unspecified atom stereocenters. The summed E-state index contributed by atoms with van der Waals surface area (Å²) in [6.45, 7) is 9.20. The van der Waals surface area contributed by atoms with Crippen molar-refractivity contribution in [3.05, 3.63) is 41.7 Å². The predicted molar refractivity (Wildman–Crippen MR) is 65.0 cm³/mol. The fourth-order valence-corrected chi connectivity index (χ4v) is 1.68. The van der Waals surface area contributed by atoms with E-state index in [4.69, 9.17) is 0 Å². The average Bonchev–Trinajstić information content (AvgIpc) is 2.25. The Hall–Kier alpha value is -1.35. The van der Waals surface area contributed by atoms with Gasteiger partial charge in [0.15, 0.2) is 0 Å². The standard InChI is InChI=1S/C13H18FNO/c1-4-15(8-10(2)3)13-6-5-12(14)7-11(13)9-16/h5-7,16H,2,4,8-9H2,1,3H3. The van der Waals surface area contributed by atoms with Crippen molar-refractivity contribution in [2.24, 2.45) is 0 Å². The summed E-state index contributed by atoms with van der Waals surface area (Å²) in [5, 5.41) is 9.21. The Kier molecular flexibility index (Phi) is 4.50. The van der Waals surface area contributed by atoms with Gasteiger partial charge >= 0.3 is 0 Å². The van der Waals surface area contributed by atoms with Gasteiger partial charge in [-0.3, -0.25) is 0 Å². The fourth-order valence-electron chi connectivity index (χ4n) is 1.68. The van der Waals surface area contributed by atoms with Gasteiger partial charge in [0.2, 0.25) is 0 Å². The summed E-state index contributed by atoms with van der Waals surface area (Å²) in [4.78, 5) is 2.06. The van der Waals surface area contributed by atoms with Crippen LogP contribution in [0, 0.1) is 5.82 Å². The Morgan fingerprint density at radius 3 is 2.69 bits per heavy atom. The number of benzene rings is 1. The molecular weight excluding hydrogens is 205 g/mol. The third kappa shape index (κ3) is 3.07.